The van der Waals surface area contributed by atoms with Gasteiger partial charge in [0.05, 0.1) is 17.8 Å². The molecule has 2 amide bonds. The van der Waals surface area contributed by atoms with Crippen molar-refractivity contribution >= 4 is 34.8 Å². The molecule has 1 saturated heterocycles. The molecule has 0 aliphatic carbocycles. The van der Waals surface area contributed by atoms with Crippen molar-refractivity contribution < 1.29 is 14.3 Å². The average Bonchev–Trinajstić information content (AvgIpc) is 3.01. The quantitative estimate of drug-likeness (QED) is 0.221. The Morgan fingerprint density at radius 2 is 1.65 bits per heavy atom. The molecule has 1 fully saturated rings. The molecule has 1 aliphatic rings. The zero-order valence-corrected chi connectivity index (χ0v) is 25.7. The topological polar surface area (TPSA) is 96.4 Å². The molecule has 2 N–H and O–H groups in total. The Morgan fingerprint density at radius 3 is 2.37 bits per heavy atom. The van der Waals surface area contributed by atoms with Crippen LogP contribution in [0.2, 0.25) is 5.02 Å². The minimum atomic E-state index is -0.356. The standard InChI is InChI=1S/C34H36ClN5O3/c1-21-17-30(37-19-24(21)20-40-16-6-5-9-22(40)2)33(41)39-29-13-8-11-27(32(29)35)26-10-7-12-28(23(26)3)38-34(42)31-18-25(43-4)14-15-36-31/h7-8,10-15,17-19,22H,5-6,9,16,20H2,1-4H3,(H,38,42)(H,39,41)/t22-/m1/s1. The van der Waals surface area contributed by atoms with Gasteiger partial charge < -0.3 is 15.4 Å². The Balaban J connectivity index is 1.33. The second-order valence-corrected chi connectivity index (χ2v) is 11.3. The Kier molecular flexibility index (Phi) is 9.38. The minimum Gasteiger partial charge on any atom is -0.497 e. The monoisotopic (exact) mass is 597 g/mol. The fourth-order valence-corrected chi connectivity index (χ4v) is 5.69. The number of aromatic nitrogens is 2. The second kappa shape index (κ2) is 13.4. The van der Waals surface area contributed by atoms with E-state index in [4.69, 9.17) is 16.3 Å². The first kappa shape index (κ1) is 30.2. The lowest BCUT2D eigenvalue weighted by Crippen LogP contribution is -2.37. The van der Waals surface area contributed by atoms with Crippen molar-refractivity contribution in [1.29, 1.82) is 0 Å². The Bertz CT molecular complexity index is 1660. The van der Waals surface area contributed by atoms with Crippen LogP contribution in [-0.2, 0) is 6.54 Å². The molecule has 0 bridgehead atoms. The van der Waals surface area contributed by atoms with Gasteiger partial charge in [-0.05, 0) is 86.7 Å². The number of nitrogens with one attached hydrogen (secondary N) is 2. The molecule has 0 unspecified atom stereocenters. The van der Waals surface area contributed by atoms with Crippen LogP contribution in [0.3, 0.4) is 0 Å². The lowest BCUT2D eigenvalue weighted by Gasteiger charge is -2.33. The van der Waals surface area contributed by atoms with E-state index >= 15 is 0 Å². The molecule has 43 heavy (non-hydrogen) atoms. The molecule has 8 nitrogen and oxygen atoms in total. The summed E-state index contributed by atoms with van der Waals surface area (Å²) in [6.07, 6.45) is 7.05. The number of nitrogens with zero attached hydrogens (tertiary/aromatic N) is 3. The maximum Gasteiger partial charge on any atom is 0.274 e. The van der Waals surface area contributed by atoms with Crippen LogP contribution < -0.4 is 15.4 Å². The van der Waals surface area contributed by atoms with Crippen LogP contribution in [0.5, 0.6) is 5.75 Å². The number of halogens is 1. The van der Waals surface area contributed by atoms with E-state index in [1.807, 2.05) is 56.4 Å². The molecule has 222 valence electrons. The van der Waals surface area contributed by atoms with Gasteiger partial charge in [-0.1, -0.05) is 42.3 Å². The molecular formula is C34H36ClN5O3. The van der Waals surface area contributed by atoms with Crippen LogP contribution >= 0.6 is 11.6 Å². The van der Waals surface area contributed by atoms with Gasteiger partial charge in [-0.15, -0.1) is 0 Å². The van der Waals surface area contributed by atoms with Crippen molar-refractivity contribution in [1.82, 2.24) is 14.9 Å². The summed E-state index contributed by atoms with van der Waals surface area (Å²) in [5.41, 5.74) is 6.21. The van der Waals surface area contributed by atoms with E-state index < -0.39 is 0 Å². The highest BCUT2D eigenvalue weighted by Crippen LogP contribution is 2.37. The summed E-state index contributed by atoms with van der Waals surface area (Å²) >= 11 is 6.86. The highest BCUT2D eigenvalue weighted by molar-refractivity contribution is 6.36. The first-order valence-electron chi connectivity index (χ1n) is 14.5. The van der Waals surface area contributed by atoms with Gasteiger partial charge in [0.1, 0.15) is 17.1 Å². The molecule has 2 aromatic heterocycles. The third kappa shape index (κ3) is 6.87. The number of benzene rings is 2. The summed E-state index contributed by atoms with van der Waals surface area (Å²) in [7, 11) is 1.54. The van der Waals surface area contributed by atoms with Crippen LogP contribution in [0.15, 0.2) is 67.0 Å². The number of hydrogen-bond acceptors (Lipinski definition) is 6. The van der Waals surface area contributed by atoms with Crippen molar-refractivity contribution in [2.24, 2.45) is 0 Å². The summed E-state index contributed by atoms with van der Waals surface area (Å²) < 4.78 is 5.21. The van der Waals surface area contributed by atoms with E-state index in [9.17, 15) is 9.59 Å². The summed E-state index contributed by atoms with van der Waals surface area (Å²) in [6, 6.07) is 16.7. The lowest BCUT2D eigenvalue weighted by atomic mass is 9.98. The number of ether oxygens (including phenoxy) is 1. The van der Waals surface area contributed by atoms with Crippen LogP contribution in [0.4, 0.5) is 11.4 Å². The zero-order valence-electron chi connectivity index (χ0n) is 24.9. The third-order valence-electron chi connectivity index (χ3n) is 8.08. The van der Waals surface area contributed by atoms with Crippen molar-refractivity contribution in [3.8, 4) is 16.9 Å². The Labute approximate surface area is 257 Å². The van der Waals surface area contributed by atoms with Gasteiger partial charge in [-0.3, -0.25) is 24.5 Å². The molecule has 1 aliphatic heterocycles. The number of carbonyl (C=O) groups excluding carboxylic acids is 2. The average molecular weight is 598 g/mol. The molecular weight excluding hydrogens is 562 g/mol. The van der Waals surface area contributed by atoms with Gasteiger partial charge >= 0.3 is 0 Å². The smallest absolute Gasteiger partial charge is 0.274 e. The molecule has 3 heterocycles. The van der Waals surface area contributed by atoms with E-state index in [2.05, 4.69) is 32.4 Å². The number of carbonyl (C=O) groups is 2. The van der Waals surface area contributed by atoms with Crippen molar-refractivity contribution in [2.75, 3.05) is 24.3 Å². The molecule has 0 radical (unpaired) electrons. The fraction of sp³-hybridized carbons (Fsp3) is 0.294. The van der Waals surface area contributed by atoms with Gasteiger partial charge in [-0.2, -0.15) is 0 Å². The molecule has 2 aromatic carbocycles. The van der Waals surface area contributed by atoms with Gasteiger partial charge in [-0.25, -0.2) is 0 Å². The Morgan fingerprint density at radius 1 is 0.953 bits per heavy atom. The van der Waals surface area contributed by atoms with E-state index in [1.165, 1.54) is 32.6 Å². The predicted molar refractivity (Wildman–Crippen MR) is 171 cm³/mol. The number of piperidine rings is 1. The van der Waals surface area contributed by atoms with E-state index in [0.717, 1.165) is 40.9 Å². The first-order chi connectivity index (χ1) is 20.7. The Hall–Kier alpha value is -4.27. The van der Waals surface area contributed by atoms with Crippen molar-refractivity contribution in [3.05, 3.63) is 100 Å². The maximum absolute atomic E-state index is 13.2. The summed E-state index contributed by atoms with van der Waals surface area (Å²) in [5.74, 6) is -0.140. The highest BCUT2D eigenvalue weighted by atomic mass is 35.5. The maximum atomic E-state index is 13.2. The van der Waals surface area contributed by atoms with Crippen LogP contribution in [0.25, 0.3) is 11.1 Å². The number of rotatable bonds is 8. The van der Waals surface area contributed by atoms with E-state index in [1.54, 1.807) is 18.2 Å². The first-order valence-corrected chi connectivity index (χ1v) is 14.8. The van der Waals surface area contributed by atoms with Gasteiger partial charge in [0, 0.05) is 42.3 Å². The predicted octanol–water partition coefficient (Wildman–Crippen LogP) is 7.30. The number of anilines is 2. The third-order valence-corrected chi connectivity index (χ3v) is 8.49. The largest absolute Gasteiger partial charge is 0.497 e. The van der Waals surface area contributed by atoms with Crippen LogP contribution in [0, 0.1) is 13.8 Å². The molecule has 0 saturated carbocycles. The lowest BCUT2D eigenvalue weighted by molar-refractivity contribution is 0.101. The number of aryl methyl sites for hydroxylation is 1. The zero-order chi connectivity index (χ0) is 30.5. The normalized spacial score (nSPS) is 15.1. The van der Waals surface area contributed by atoms with E-state index in [-0.39, 0.29) is 17.5 Å². The minimum absolute atomic E-state index is 0.241. The second-order valence-electron chi connectivity index (χ2n) is 10.9. The SMILES string of the molecule is COc1ccnc(C(=O)Nc2cccc(-c3cccc(NC(=O)c4cc(C)c(CN5CCCC[C@H]5C)cn4)c3Cl)c2C)c1. The summed E-state index contributed by atoms with van der Waals surface area (Å²) in [4.78, 5) is 37.3. The van der Waals surface area contributed by atoms with Crippen molar-refractivity contribution in [3.63, 3.8) is 0 Å². The number of methoxy groups -OCH3 is 1. The molecule has 4 aromatic rings. The molecule has 0 spiro atoms. The number of hydrogen-bond donors (Lipinski definition) is 2. The number of likely N-dealkylation sites (tertiary alicyclic amines) is 1. The number of pyridine rings is 2. The fourth-order valence-electron chi connectivity index (χ4n) is 5.42. The summed E-state index contributed by atoms with van der Waals surface area (Å²) in [5, 5.41) is 6.26. The van der Waals surface area contributed by atoms with Crippen LogP contribution in [-0.4, -0.2) is 46.4 Å². The molecule has 1 atom stereocenters. The van der Waals surface area contributed by atoms with Gasteiger partial charge in [0.25, 0.3) is 11.8 Å². The van der Waals surface area contributed by atoms with Crippen molar-refractivity contribution in [2.45, 2.75) is 52.6 Å². The van der Waals surface area contributed by atoms with Gasteiger partial charge in [0.15, 0.2) is 0 Å². The van der Waals surface area contributed by atoms with Crippen LogP contribution in [0.1, 0.15) is 63.9 Å². The summed E-state index contributed by atoms with van der Waals surface area (Å²) in [6.45, 7) is 8.13. The number of amides is 2. The molecule has 9 heteroatoms. The molecule has 5 rings (SSSR count). The van der Waals surface area contributed by atoms with Gasteiger partial charge in [0.2, 0.25) is 0 Å². The highest BCUT2D eigenvalue weighted by Gasteiger charge is 2.21. The van der Waals surface area contributed by atoms with E-state index in [0.29, 0.717) is 33.9 Å².